The molecule has 0 aromatic heterocycles. The van der Waals surface area contributed by atoms with Gasteiger partial charge < -0.3 is 9.47 Å². The number of hydrogen-bond donors (Lipinski definition) is 0. The van der Waals surface area contributed by atoms with Gasteiger partial charge in [0, 0.05) is 6.92 Å². The zero-order valence-corrected chi connectivity index (χ0v) is 10.3. The molecule has 88 valence electrons. The quantitative estimate of drug-likeness (QED) is 0.544. The summed E-state index contributed by atoms with van der Waals surface area (Å²) in [6.07, 6.45) is 5.01. The molecule has 1 aliphatic rings. The SMILES string of the molecule is COC(=O)C(C)(C)CC1=COC(C)=C=CC1. The van der Waals surface area contributed by atoms with E-state index < -0.39 is 5.41 Å². The standard InChI is InChI=1S/C13H18O3/c1-10-6-5-7-11(9-16-10)8-13(2,3)12(14)15-4/h5,9H,7-8H2,1-4H3. The molecule has 0 aromatic carbocycles. The molecule has 1 heterocycles. The van der Waals surface area contributed by atoms with Crippen LogP contribution in [0.15, 0.2) is 29.4 Å². The highest BCUT2D eigenvalue weighted by atomic mass is 16.5. The first kappa shape index (κ1) is 12.6. The van der Waals surface area contributed by atoms with Crippen molar-refractivity contribution in [2.45, 2.75) is 33.6 Å². The molecule has 3 heteroatoms. The number of methoxy groups -OCH3 is 1. The molecule has 1 rings (SSSR count). The van der Waals surface area contributed by atoms with Crippen LogP contribution in [0.2, 0.25) is 0 Å². The summed E-state index contributed by atoms with van der Waals surface area (Å²) < 4.78 is 10.1. The number of rotatable bonds is 3. The minimum absolute atomic E-state index is 0.202. The van der Waals surface area contributed by atoms with E-state index in [1.807, 2.05) is 26.8 Å². The fourth-order valence-electron chi connectivity index (χ4n) is 1.61. The van der Waals surface area contributed by atoms with Gasteiger partial charge in [-0.1, -0.05) is 5.73 Å². The predicted octanol–water partition coefficient (Wildman–Crippen LogP) is 2.94. The van der Waals surface area contributed by atoms with Gasteiger partial charge in [-0.25, -0.2) is 0 Å². The molecule has 0 bridgehead atoms. The Morgan fingerprint density at radius 3 is 2.94 bits per heavy atom. The van der Waals surface area contributed by atoms with Crippen molar-refractivity contribution < 1.29 is 14.3 Å². The average molecular weight is 222 g/mol. The largest absolute Gasteiger partial charge is 0.469 e. The lowest BCUT2D eigenvalue weighted by atomic mass is 9.85. The van der Waals surface area contributed by atoms with Crippen LogP contribution in [0, 0.1) is 5.41 Å². The van der Waals surface area contributed by atoms with Crippen LogP contribution in [0.5, 0.6) is 0 Å². The molecule has 16 heavy (non-hydrogen) atoms. The minimum atomic E-state index is -0.518. The van der Waals surface area contributed by atoms with Crippen LogP contribution >= 0.6 is 0 Å². The van der Waals surface area contributed by atoms with Crippen molar-refractivity contribution in [3.8, 4) is 0 Å². The average Bonchev–Trinajstić information content (AvgIpc) is 2.42. The molecule has 0 fully saturated rings. The first-order valence-electron chi connectivity index (χ1n) is 5.30. The van der Waals surface area contributed by atoms with Crippen molar-refractivity contribution in [1.29, 1.82) is 0 Å². The lowest BCUT2D eigenvalue weighted by Gasteiger charge is -2.22. The molecule has 0 radical (unpaired) electrons. The summed E-state index contributed by atoms with van der Waals surface area (Å²) in [4.78, 5) is 11.5. The number of allylic oxidation sites excluding steroid dienone is 2. The van der Waals surface area contributed by atoms with E-state index in [9.17, 15) is 4.79 Å². The van der Waals surface area contributed by atoms with Gasteiger partial charge in [-0.15, -0.1) is 0 Å². The highest BCUT2D eigenvalue weighted by molar-refractivity contribution is 5.76. The maximum atomic E-state index is 11.5. The Hall–Kier alpha value is -1.47. The van der Waals surface area contributed by atoms with Gasteiger partial charge in [0.2, 0.25) is 0 Å². The smallest absolute Gasteiger partial charge is 0.311 e. The van der Waals surface area contributed by atoms with Crippen molar-refractivity contribution in [1.82, 2.24) is 0 Å². The first-order valence-corrected chi connectivity index (χ1v) is 5.30. The fraction of sp³-hybridized carbons (Fsp3) is 0.538. The second kappa shape index (κ2) is 5.04. The van der Waals surface area contributed by atoms with E-state index in [4.69, 9.17) is 9.47 Å². The molecule has 0 N–H and O–H groups in total. The monoisotopic (exact) mass is 222 g/mol. The number of hydrogen-bond acceptors (Lipinski definition) is 3. The van der Waals surface area contributed by atoms with E-state index >= 15 is 0 Å². The molecule has 0 atom stereocenters. The molecule has 0 amide bonds. The zero-order valence-electron chi connectivity index (χ0n) is 10.3. The summed E-state index contributed by atoms with van der Waals surface area (Å²) in [7, 11) is 1.41. The van der Waals surface area contributed by atoms with Crippen molar-refractivity contribution >= 4 is 5.97 Å². The van der Waals surface area contributed by atoms with Gasteiger partial charge in [-0.05, 0) is 38.3 Å². The van der Waals surface area contributed by atoms with Crippen LogP contribution in [0.3, 0.4) is 0 Å². The summed E-state index contributed by atoms with van der Waals surface area (Å²) in [6.45, 7) is 5.59. The lowest BCUT2D eigenvalue weighted by Crippen LogP contribution is -2.26. The van der Waals surface area contributed by atoms with Crippen molar-refractivity contribution in [3.05, 3.63) is 29.4 Å². The maximum Gasteiger partial charge on any atom is 0.311 e. The molecule has 1 aliphatic heterocycles. The molecular formula is C13H18O3. The number of esters is 1. The van der Waals surface area contributed by atoms with Gasteiger partial charge >= 0.3 is 5.97 Å². The van der Waals surface area contributed by atoms with Crippen LogP contribution in [0.4, 0.5) is 0 Å². The molecule has 3 nitrogen and oxygen atoms in total. The summed E-state index contributed by atoms with van der Waals surface area (Å²) in [5.74, 6) is 0.539. The van der Waals surface area contributed by atoms with E-state index in [1.165, 1.54) is 7.11 Å². The topological polar surface area (TPSA) is 35.5 Å². The van der Waals surface area contributed by atoms with Crippen LogP contribution in [-0.4, -0.2) is 13.1 Å². The van der Waals surface area contributed by atoms with Crippen molar-refractivity contribution in [2.24, 2.45) is 5.41 Å². The van der Waals surface area contributed by atoms with Crippen LogP contribution in [-0.2, 0) is 14.3 Å². The maximum absolute atomic E-state index is 11.5. The van der Waals surface area contributed by atoms with Gasteiger partial charge in [-0.3, -0.25) is 4.79 Å². The third-order valence-corrected chi connectivity index (χ3v) is 2.48. The summed E-state index contributed by atoms with van der Waals surface area (Å²) >= 11 is 0. The molecule has 0 spiro atoms. The van der Waals surface area contributed by atoms with Gasteiger partial charge in [0.25, 0.3) is 0 Å². The van der Waals surface area contributed by atoms with E-state index in [1.54, 1.807) is 6.26 Å². The normalized spacial score (nSPS) is 15.8. The zero-order chi connectivity index (χ0) is 12.2. The summed E-state index contributed by atoms with van der Waals surface area (Å²) in [6, 6.07) is 0. The van der Waals surface area contributed by atoms with E-state index in [0.29, 0.717) is 6.42 Å². The summed E-state index contributed by atoms with van der Waals surface area (Å²) in [5.41, 5.74) is 3.56. The lowest BCUT2D eigenvalue weighted by molar-refractivity contribution is -0.150. The van der Waals surface area contributed by atoms with Gasteiger partial charge in [0.1, 0.15) is 5.76 Å². The number of carbonyl (C=O) groups is 1. The van der Waals surface area contributed by atoms with E-state index in [-0.39, 0.29) is 5.97 Å². The molecule has 0 unspecified atom stereocenters. The van der Waals surface area contributed by atoms with Crippen molar-refractivity contribution in [2.75, 3.05) is 7.11 Å². The Balaban J connectivity index is 2.69. The van der Waals surface area contributed by atoms with Crippen LogP contribution in [0.25, 0.3) is 0 Å². The fourth-order valence-corrected chi connectivity index (χ4v) is 1.61. The van der Waals surface area contributed by atoms with Crippen molar-refractivity contribution in [3.63, 3.8) is 0 Å². The second-order valence-electron chi connectivity index (χ2n) is 4.55. The Morgan fingerprint density at radius 1 is 1.62 bits per heavy atom. The Bertz CT molecular complexity index is 369. The Labute approximate surface area is 96.4 Å². The number of ether oxygens (including phenoxy) is 2. The van der Waals surface area contributed by atoms with Gasteiger partial charge in [0.05, 0.1) is 18.8 Å². The number of carbonyl (C=O) groups excluding carboxylic acids is 1. The third-order valence-electron chi connectivity index (χ3n) is 2.48. The molecule has 0 aliphatic carbocycles. The van der Waals surface area contributed by atoms with E-state index in [2.05, 4.69) is 5.73 Å². The molecule has 0 saturated carbocycles. The van der Waals surface area contributed by atoms with Crippen LogP contribution < -0.4 is 0 Å². The van der Waals surface area contributed by atoms with Gasteiger partial charge in [-0.2, -0.15) is 0 Å². The van der Waals surface area contributed by atoms with E-state index in [0.717, 1.165) is 17.8 Å². The highest BCUT2D eigenvalue weighted by Gasteiger charge is 2.29. The first-order chi connectivity index (χ1) is 7.45. The molecule has 0 aromatic rings. The van der Waals surface area contributed by atoms with Crippen LogP contribution in [0.1, 0.15) is 33.6 Å². The minimum Gasteiger partial charge on any atom is -0.469 e. The summed E-state index contributed by atoms with van der Waals surface area (Å²) in [5, 5.41) is 0. The Kier molecular flexibility index (Phi) is 3.97. The molecular weight excluding hydrogens is 204 g/mol. The Morgan fingerprint density at radius 2 is 2.31 bits per heavy atom. The van der Waals surface area contributed by atoms with Gasteiger partial charge in [0.15, 0.2) is 0 Å². The predicted molar refractivity (Wildman–Crippen MR) is 61.5 cm³/mol. The third kappa shape index (κ3) is 3.28. The highest BCUT2D eigenvalue weighted by Crippen LogP contribution is 2.29. The molecule has 0 saturated heterocycles. The second-order valence-corrected chi connectivity index (χ2v) is 4.55.